The number of Topliss-reactive ketones (excluding diaryl/α,β-unsaturated/α-hetero) is 1. The van der Waals surface area contributed by atoms with Gasteiger partial charge in [-0.2, -0.15) is 0 Å². The average Bonchev–Trinajstić information content (AvgIpc) is 1.90. The van der Waals surface area contributed by atoms with Crippen molar-refractivity contribution in [3.8, 4) is 0 Å². The van der Waals surface area contributed by atoms with Crippen molar-refractivity contribution < 1.29 is 4.79 Å². The smallest absolute Gasteiger partial charge is 0.137 e. The summed E-state index contributed by atoms with van der Waals surface area (Å²) >= 11 is 0. The fourth-order valence-corrected chi connectivity index (χ4v) is 1.62. The molecular formula is C10H10O. The Bertz CT molecular complexity index is 301. The molecule has 0 bridgehead atoms. The van der Waals surface area contributed by atoms with Crippen LogP contribution in [0.15, 0.2) is 24.3 Å². The SMILES string of the molecule is CC(=O)C1Cc2ccccc21. The molecule has 0 N–H and O–H groups in total. The predicted octanol–water partition coefficient (Wildman–Crippen LogP) is 1.92. The molecule has 1 nitrogen and oxygen atoms in total. The minimum absolute atomic E-state index is 0.200. The zero-order chi connectivity index (χ0) is 7.84. The first-order valence-electron chi connectivity index (χ1n) is 3.87. The lowest BCUT2D eigenvalue weighted by molar-refractivity contribution is -0.118. The van der Waals surface area contributed by atoms with E-state index in [2.05, 4.69) is 6.07 Å². The summed E-state index contributed by atoms with van der Waals surface area (Å²) in [6, 6.07) is 8.16. The summed E-state index contributed by atoms with van der Waals surface area (Å²) in [5.74, 6) is 0.495. The highest BCUT2D eigenvalue weighted by atomic mass is 16.1. The first-order chi connectivity index (χ1) is 5.29. The number of benzene rings is 1. The fraction of sp³-hybridized carbons (Fsp3) is 0.300. The molecule has 1 aliphatic carbocycles. The molecule has 0 amide bonds. The Morgan fingerprint density at radius 2 is 2.18 bits per heavy atom. The molecule has 0 spiro atoms. The van der Waals surface area contributed by atoms with Crippen molar-refractivity contribution in [2.24, 2.45) is 0 Å². The summed E-state index contributed by atoms with van der Waals surface area (Å²) < 4.78 is 0. The summed E-state index contributed by atoms with van der Waals surface area (Å²) in [6.45, 7) is 1.67. The average molecular weight is 146 g/mol. The summed E-state index contributed by atoms with van der Waals surface area (Å²) in [7, 11) is 0. The minimum Gasteiger partial charge on any atom is -0.299 e. The molecule has 2 rings (SSSR count). The molecule has 0 heterocycles. The van der Waals surface area contributed by atoms with Crippen LogP contribution in [-0.4, -0.2) is 5.78 Å². The molecule has 0 saturated carbocycles. The lowest BCUT2D eigenvalue weighted by Gasteiger charge is -2.27. The number of carbonyl (C=O) groups is 1. The Morgan fingerprint density at radius 3 is 2.82 bits per heavy atom. The molecule has 1 aromatic rings. The molecule has 1 aromatic carbocycles. The van der Waals surface area contributed by atoms with Crippen LogP contribution in [0.1, 0.15) is 24.0 Å². The second-order valence-corrected chi connectivity index (χ2v) is 3.07. The molecule has 1 unspecified atom stereocenters. The maximum absolute atomic E-state index is 11.0. The van der Waals surface area contributed by atoms with E-state index >= 15 is 0 Å². The van der Waals surface area contributed by atoms with Crippen molar-refractivity contribution in [3.05, 3.63) is 35.4 Å². The molecule has 0 aliphatic heterocycles. The molecule has 0 radical (unpaired) electrons. The van der Waals surface area contributed by atoms with Gasteiger partial charge < -0.3 is 0 Å². The maximum Gasteiger partial charge on any atom is 0.137 e. The van der Waals surface area contributed by atoms with Gasteiger partial charge in [0.15, 0.2) is 0 Å². The first-order valence-corrected chi connectivity index (χ1v) is 3.87. The van der Waals surface area contributed by atoms with Gasteiger partial charge in [-0.05, 0) is 24.5 Å². The Labute approximate surface area is 66.0 Å². The van der Waals surface area contributed by atoms with E-state index in [1.807, 2.05) is 18.2 Å². The second kappa shape index (κ2) is 2.19. The van der Waals surface area contributed by atoms with E-state index in [0.29, 0.717) is 5.78 Å². The van der Waals surface area contributed by atoms with Gasteiger partial charge in [-0.1, -0.05) is 24.3 Å². The van der Waals surface area contributed by atoms with Crippen LogP contribution in [0.4, 0.5) is 0 Å². The molecule has 0 fully saturated rings. The first kappa shape index (κ1) is 6.59. The zero-order valence-electron chi connectivity index (χ0n) is 6.50. The maximum atomic E-state index is 11.0. The lowest BCUT2D eigenvalue weighted by Crippen LogP contribution is -2.22. The summed E-state index contributed by atoms with van der Waals surface area (Å²) in [5.41, 5.74) is 2.58. The Balaban J connectivity index is 2.36. The van der Waals surface area contributed by atoms with Crippen LogP contribution in [0.3, 0.4) is 0 Å². The van der Waals surface area contributed by atoms with Gasteiger partial charge in [0.05, 0.1) is 0 Å². The van der Waals surface area contributed by atoms with Crippen LogP contribution in [0.5, 0.6) is 0 Å². The topological polar surface area (TPSA) is 17.1 Å². The monoisotopic (exact) mass is 146 g/mol. The Morgan fingerprint density at radius 1 is 1.45 bits per heavy atom. The quantitative estimate of drug-likeness (QED) is 0.591. The highest BCUT2D eigenvalue weighted by molar-refractivity contribution is 5.86. The fourth-order valence-electron chi connectivity index (χ4n) is 1.62. The molecule has 11 heavy (non-hydrogen) atoms. The van der Waals surface area contributed by atoms with Gasteiger partial charge in [0.25, 0.3) is 0 Å². The van der Waals surface area contributed by atoms with Crippen LogP contribution >= 0.6 is 0 Å². The van der Waals surface area contributed by atoms with Crippen LogP contribution in [0.2, 0.25) is 0 Å². The van der Waals surface area contributed by atoms with E-state index in [1.165, 1.54) is 11.1 Å². The van der Waals surface area contributed by atoms with Crippen LogP contribution in [-0.2, 0) is 11.2 Å². The van der Waals surface area contributed by atoms with E-state index in [0.717, 1.165) is 6.42 Å². The Hall–Kier alpha value is -1.11. The standard InChI is InChI=1S/C10H10O/c1-7(11)10-6-8-4-2-3-5-9(8)10/h2-5,10H,6H2,1H3. The molecule has 1 aliphatic rings. The van der Waals surface area contributed by atoms with Crippen molar-refractivity contribution in [2.45, 2.75) is 19.3 Å². The van der Waals surface area contributed by atoms with E-state index in [1.54, 1.807) is 6.92 Å². The van der Waals surface area contributed by atoms with Gasteiger partial charge in [-0.15, -0.1) is 0 Å². The molecular weight excluding hydrogens is 136 g/mol. The number of hydrogen-bond acceptors (Lipinski definition) is 1. The van der Waals surface area contributed by atoms with Crippen molar-refractivity contribution in [1.29, 1.82) is 0 Å². The van der Waals surface area contributed by atoms with Gasteiger partial charge in [-0.25, -0.2) is 0 Å². The highest BCUT2D eigenvalue weighted by Crippen LogP contribution is 2.34. The zero-order valence-corrected chi connectivity index (χ0v) is 6.50. The molecule has 56 valence electrons. The number of carbonyl (C=O) groups excluding carboxylic acids is 1. The summed E-state index contributed by atoms with van der Waals surface area (Å²) in [4.78, 5) is 11.0. The van der Waals surface area contributed by atoms with Crippen molar-refractivity contribution in [3.63, 3.8) is 0 Å². The van der Waals surface area contributed by atoms with E-state index in [-0.39, 0.29) is 5.92 Å². The number of fused-ring (bicyclic) bond motifs is 1. The third kappa shape index (κ3) is 0.881. The summed E-state index contributed by atoms with van der Waals surface area (Å²) in [5, 5.41) is 0. The van der Waals surface area contributed by atoms with Gasteiger partial charge in [0, 0.05) is 5.92 Å². The number of hydrogen-bond donors (Lipinski definition) is 0. The van der Waals surface area contributed by atoms with Crippen LogP contribution in [0, 0.1) is 0 Å². The molecule has 1 atom stereocenters. The number of ketones is 1. The largest absolute Gasteiger partial charge is 0.299 e. The van der Waals surface area contributed by atoms with E-state index in [9.17, 15) is 4.79 Å². The van der Waals surface area contributed by atoms with Crippen molar-refractivity contribution >= 4 is 5.78 Å². The lowest BCUT2D eigenvalue weighted by atomic mass is 9.76. The third-order valence-corrected chi connectivity index (χ3v) is 2.35. The van der Waals surface area contributed by atoms with Crippen molar-refractivity contribution in [1.82, 2.24) is 0 Å². The second-order valence-electron chi connectivity index (χ2n) is 3.07. The summed E-state index contributed by atoms with van der Waals surface area (Å²) in [6.07, 6.45) is 0.950. The predicted molar refractivity (Wildman–Crippen MR) is 43.6 cm³/mol. The Kier molecular flexibility index (Phi) is 1.31. The number of rotatable bonds is 1. The van der Waals surface area contributed by atoms with E-state index in [4.69, 9.17) is 0 Å². The highest BCUT2D eigenvalue weighted by Gasteiger charge is 2.28. The molecule has 0 aromatic heterocycles. The van der Waals surface area contributed by atoms with Gasteiger partial charge in [0.2, 0.25) is 0 Å². The van der Waals surface area contributed by atoms with Crippen LogP contribution < -0.4 is 0 Å². The van der Waals surface area contributed by atoms with Crippen molar-refractivity contribution in [2.75, 3.05) is 0 Å². The minimum atomic E-state index is 0.200. The molecule has 1 heteroatoms. The van der Waals surface area contributed by atoms with E-state index < -0.39 is 0 Å². The third-order valence-electron chi connectivity index (χ3n) is 2.35. The van der Waals surface area contributed by atoms with Crippen LogP contribution in [0.25, 0.3) is 0 Å². The van der Waals surface area contributed by atoms with Gasteiger partial charge in [0.1, 0.15) is 5.78 Å². The molecule has 0 saturated heterocycles. The van der Waals surface area contributed by atoms with Gasteiger partial charge >= 0.3 is 0 Å². The van der Waals surface area contributed by atoms with Gasteiger partial charge in [-0.3, -0.25) is 4.79 Å². The normalized spacial score (nSPS) is 20.3.